The van der Waals surface area contributed by atoms with Gasteiger partial charge in [0.1, 0.15) is 17.4 Å². The quantitative estimate of drug-likeness (QED) is 0.414. The third-order valence-electron chi connectivity index (χ3n) is 7.90. The molecule has 0 unspecified atom stereocenters. The molecule has 9 heteroatoms. The van der Waals surface area contributed by atoms with Crippen molar-refractivity contribution in [2.24, 2.45) is 0 Å². The Balaban J connectivity index is 1.21. The van der Waals surface area contributed by atoms with Crippen molar-refractivity contribution in [2.45, 2.75) is 64.2 Å². The molecule has 2 aliphatic rings. The van der Waals surface area contributed by atoms with Gasteiger partial charge in [0.05, 0.1) is 17.7 Å². The van der Waals surface area contributed by atoms with Crippen LogP contribution in [0.25, 0.3) is 0 Å². The molecule has 2 amide bonds. The molecule has 2 N–H and O–H groups in total. The van der Waals surface area contributed by atoms with Gasteiger partial charge in [0.25, 0.3) is 11.8 Å². The molecule has 1 aromatic heterocycles. The Morgan fingerprint density at radius 2 is 1.82 bits per heavy atom. The normalized spacial score (nSPS) is 20.0. The fourth-order valence-corrected chi connectivity index (χ4v) is 6.05. The van der Waals surface area contributed by atoms with Gasteiger partial charge < -0.3 is 20.3 Å². The lowest BCUT2D eigenvalue weighted by atomic mass is 9.96. The number of aryl methyl sites for hydroxylation is 1. The Kier molecular flexibility index (Phi) is 7.75. The topological polar surface area (TPSA) is 83.6 Å². The number of methoxy groups -OCH3 is 1. The van der Waals surface area contributed by atoms with Gasteiger partial charge in [-0.1, -0.05) is 23.7 Å². The van der Waals surface area contributed by atoms with E-state index in [1.165, 1.54) is 6.07 Å². The third kappa shape index (κ3) is 5.43. The number of fused-ring (bicyclic) bond motifs is 2. The summed E-state index contributed by atoms with van der Waals surface area (Å²) < 4.78 is 19.5. The molecule has 0 aliphatic carbocycles. The second-order valence-electron chi connectivity index (χ2n) is 10.3. The molecule has 3 atom stereocenters. The van der Waals surface area contributed by atoms with Crippen molar-refractivity contribution in [1.29, 1.82) is 0 Å². The number of nitrogens with zero attached hydrogens (tertiary/aromatic N) is 2. The molecule has 3 heterocycles. The Bertz CT molecular complexity index is 1380. The van der Waals surface area contributed by atoms with Crippen LogP contribution in [-0.2, 0) is 6.54 Å². The van der Waals surface area contributed by atoms with E-state index >= 15 is 0 Å². The van der Waals surface area contributed by atoms with E-state index in [1.54, 1.807) is 32.4 Å². The van der Waals surface area contributed by atoms with Gasteiger partial charge in [-0.15, -0.1) is 0 Å². The highest BCUT2D eigenvalue weighted by atomic mass is 35.5. The number of rotatable bonds is 7. The SMILES string of the molecule is COc1cccc(C(=O)N[C@H]2C[C@H]3CC[C@@H](C2)N3c2ccc(C(=O)NCc3c(F)ccc(C)c3Cl)cn2)c1C. The van der Waals surface area contributed by atoms with Crippen LogP contribution in [0.15, 0.2) is 48.7 Å². The van der Waals surface area contributed by atoms with Crippen LogP contribution in [0.3, 0.4) is 0 Å². The summed E-state index contributed by atoms with van der Waals surface area (Å²) in [4.78, 5) is 32.6. The largest absolute Gasteiger partial charge is 0.496 e. The Morgan fingerprint density at radius 1 is 1.08 bits per heavy atom. The molecule has 0 saturated carbocycles. The zero-order valence-electron chi connectivity index (χ0n) is 22.3. The van der Waals surface area contributed by atoms with Crippen molar-refractivity contribution in [3.05, 3.63) is 87.3 Å². The summed E-state index contributed by atoms with van der Waals surface area (Å²) in [6.07, 6.45) is 5.28. The minimum absolute atomic E-state index is 0.00833. The van der Waals surface area contributed by atoms with Gasteiger partial charge in [0, 0.05) is 47.6 Å². The number of aromatic nitrogens is 1. The average molecular weight is 551 g/mol. The zero-order valence-corrected chi connectivity index (χ0v) is 23.0. The second-order valence-corrected chi connectivity index (χ2v) is 10.7. The van der Waals surface area contributed by atoms with Crippen LogP contribution in [0.4, 0.5) is 10.2 Å². The highest BCUT2D eigenvalue weighted by molar-refractivity contribution is 6.32. The number of anilines is 1. The molecule has 2 fully saturated rings. The van der Waals surface area contributed by atoms with Crippen LogP contribution >= 0.6 is 11.6 Å². The van der Waals surface area contributed by atoms with Crippen molar-refractivity contribution < 1.29 is 18.7 Å². The standard InChI is InChI=1S/C30H32ClFN4O3/c1-17-7-11-25(32)24(28(17)31)16-34-29(37)19-8-12-27(33-15-19)36-21-9-10-22(36)14-20(13-21)35-30(38)23-5-4-6-26(39-3)18(23)2/h4-8,11-12,15,20-22H,9-10,13-14,16H2,1-3H3,(H,34,37)(H,35,38)/t20-,21+,22-. The van der Waals surface area contributed by atoms with E-state index in [0.717, 1.165) is 42.6 Å². The van der Waals surface area contributed by atoms with Crippen LogP contribution in [0, 0.1) is 19.7 Å². The molecule has 2 bridgehead atoms. The number of carbonyl (C=O) groups excluding carboxylic acids is 2. The van der Waals surface area contributed by atoms with Crippen molar-refractivity contribution >= 4 is 29.2 Å². The van der Waals surface area contributed by atoms with E-state index in [0.29, 0.717) is 21.9 Å². The Morgan fingerprint density at radius 3 is 2.49 bits per heavy atom. The van der Waals surface area contributed by atoms with Gasteiger partial charge in [-0.25, -0.2) is 9.37 Å². The molecule has 2 aliphatic heterocycles. The number of amides is 2. The predicted molar refractivity (Wildman–Crippen MR) is 149 cm³/mol. The van der Waals surface area contributed by atoms with Crippen molar-refractivity contribution in [2.75, 3.05) is 12.0 Å². The van der Waals surface area contributed by atoms with Crippen molar-refractivity contribution in [1.82, 2.24) is 15.6 Å². The summed E-state index contributed by atoms with van der Waals surface area (Å²) >= 11 is 6.22. The first-order valence-electron chi connectivity index (χ1n) is 13.2. The summed E-state index contributed by atoms with van der Waals surface area (Å²) in [7, 11) is 1.60. The van der Waals surface area contributed by atoms with Crippen molar-refractivity contribution in [3.8, 4) is 5.75 Å². The molecule has 5 rings (SSSR count). The zero-order chi connectivity index (χ0) is 27.7. The first-order chi connectivity index (χ1) is 18.8. The van der Waals surface area contributed by atoms with Gasteiger partial charge >= 0.3 is 0 Å². The van der Waals surface area contributed by atoms with Gasteiger partial charge in [0.2, 0.25) is 0 Å². The van der Waals surface area contributed by atoms with E-state index < -0.39 is 5.82 Å². The minimum Gasteiger partial charge on any atom is -0.496 e. The number of halogens is 2. The van der Waals surface area contributed by atoms with Gasteiger partial charge in [-0.3, -0.25) is 9.59 Å². The molecule has 204 valence electrons. The lowest BCUT2D eigenvalue weighted by molar-refractivity contribution is 0.0923. The molecule has 0 radical (unpaired) electrons. The third-order valence-corrected chi connectivity index (χ3v) is 8.42. The lowest BCUT2D eigenvalue weighted by Gasteiger charge is -2.40. The molecule has 2 saturated heterocycles. The summed E-state index contributed by atoms with van der Waals surface area (Å²) in [6.45, 7) is 3.68. The van der Waals surface area contributed by atoms with E-state index in [4.69, 9.17) is 16.3 Å². The van der Waals surface area contributed by atoms with Crippen LogP contribution in [0.5, 0.6) is 5.75 Å². The molecular weight excluding hydrogens is 519 g/mol. The number of hydrogen-bond donors (Lipinski definition) is 2. The molecule has 3 aromatic rings. The molecule has 7 nitrogen and oxygen atoms in total. The summed E-state index contributed by atoms with van der Waals surface area (Å²) in [5, 5.41) is 6.29. The lowest BCUT2D eigenvalue weighted by Crippen LogP contribution is -2.50. The minimum atomic E-state index is -0.451. The van der Waals surface area contributed by atoms with Crippen LogP contribution in [0.1, 0.15) is 63.1 Å². The molecule has 0 spiro atoms. The maximum absolute atomic E-state index is 14.2. The number of nitrogens with one attached hydrogen (secondary N) is 2. The van der Waals surface area contributed by atoms with Crippen LogP contribution in [-0.4, -0.2) is 42.0 Å². The van der Waals surface area contributed by atoms with Crippen LogP contribution < -0.4 is 20.3 Å². The smallest absolute Gasteiger partial charge is 0.253 e. The van der Waals surface area contributed by atoms with E-state index in [9.17, 15) is 14.0 Å². The maximum Gasteiger partial charge on any atom is 0.253 e. The first-order valence-corrected chi connectivity index (χ1v) is 13.5. The van der Waals surface area contributed by atoms with E-state index in [-0.39, 0.29) is 42.0 Å². The molecule has 39 heavy (non-hydrogen) atoms. The van der Waals surface area contributed by atoms with Gasteiger partial charge in [-0.05, 0) is 75.4 Å². The average Bonchev–Trinajstić information content (AvgIpc) is 3.20. The summed E-state index contributed by atoms with van der Waals surface area (Å²) in [5.74, 6) is 0.646. The van der Waals surface area contributed by atoms with Crippen LogP contribution in [0.2, 0.25) is 5.02 Å². The molecular formula is C30H32ClFN4O3. The van der Waals surface area contributed by atoms with E-state index in [1.807, 2.05) is 31.2 Å². The fraction of sp³-hybridized carbons (Fsp3) is 0.367. The number of pyridine rings is 1. The van der Waals surface area contributed by atoms with Gasteiger partial charge in [0.15, 0.2) is 0 Å². The van der Waals surface area contributed by atoms with Gasteiger partial charge in [-0.2, -0.15) is 0 Å². The second kappa shape index (κ2) is 11.2. The number of hydrogen-bond acceptors (Lipinski definition) is 5. The summed E-state index contributed by atoms with van der Waals surface area (Å²) in [6, 6.07) is 12.7. The summed E-state index contributed by atoms with van der Waals surface area (Å²) in [5.41, 5.74) is 2.88. The monoisotopic (exact) mass is 550 g/mol. The number of ether oxygens (including phenoxy) is 1. The number of benzene rings is 2. The Hall–Kier alpha value is -3.65. The number of piperidine rings is 1. The predicted octanol–water partition coefficient (Wildman–Crippen LogP) is 5.36. The highest BCUT2D eigenvalue weighted by Crippen LogP contribution is 2.38. The fourth-order valence-electron chi connectivity index (χ4n) is 5.83. The van der Waals surface area contributed by atoms with Crippen molar-refractivity contribution in [3.63, 3.8) is 0 Å². The van der Waals surface area contributed by atoms with E-state index in [2.05, 4.69) is 20.5 Å². The molecule has 2 aromatic carbocycles. The highest BCUT2D eigenvalue weighted by Gasteiger charge is 2.42. The maximum atomic E-state index is 14.2. The first kappa shape index (κ1) is 26.9. The number of carbonyl (C=O) groups is 2. The Labute approximate surface area is 232 Å².